The zero-order chi connectivity index (χ0) is 23.6. The molecule has 0 aliphatic carbocycles. The summed E-state index contributed by atoms with van der Waals surface area (Å²) in [7, 11) is 2.59. The maximum Gasteiger partial charge on any atom is 0.418 e. The zero-order valence-electron chi connectivity index (χ0n) is 18.6. The number of nitrogens with zero attached hydrogens (tertiary/aromatic N) is 1. The molecule has 0 bridgehead atoms. The van der Waals surface area contributed by atoms with E-state index in [1.807, 2.05) is 0 Å². The molecule has 1 aromatic carbocycles. The molecule has 0 saturated heterocycles. The highest BCUT2D eigenvalue weighted by Gasteiger charge is 2.32. The number of aryl methyl sites for hydroxylation is 1. The van der Waals surface area contributed by atoms with Gasteiger partial charge >= 0.3 is 12.1 Å². The van der Waals surface area contributed by atoms with Crippen LogP contribution in [0.1, 0.15) is 39.2 Å². The van der Waals surface area contributed by atoms with Crippen molar-refractivity contribution in [1.29, 1.82) is 0 Å². The van der Waals surface area contributed by atoms with Crippen molar-refractivity contribution < 1.29 is 38.8 Å². The summed E-state index contributed by atoms with van der Waals surface area (Å²) < 4.78 is 15.1. The van der Waals surface area contributed by atoms with Crippen LogP contribution in [-0.2, 0) is 25.5 Å². The summed E-state index contributed by atoms with van der Waals surface area (Å²) in [6.45, 7) is 5.23. The number of ether oxygens (including phenoxy) is 3. The molecule has 2 amide bonds. The van der Waals surface area contributed by atoms with E-state index >= 15 is 0 Å². The minimum atomic E-state index is -1.19. The van der Waals surface area contributed by atoms with E-state index in [1.165, 1.54) is 7.11 Å². The van der Waals surface area contributed by atoms with E-state index in [0.29, 0.717) is 25.1 Å². The van der Waals surface area contributed by atoms with Gasteiger partial charge in [0.25, 0.3) is 5.91 Å². The quantitative estimate of drug-likeness (QED) is 0.349. The van der Waals surface area contributed by atoms with Crippen LogP contribution in [0.4, 0.5) is 4.79 Å². The minimum absolute atomic E-state index is 0.0273. The Morgan fingerprint density at radius 3 is 2.39 bits per heavy atom. The maximum atomic E-state index is 12.8. The molecule has 0 heterocycles. The number of hydrogen-bond acceptors (Lipinski definition) is 8. The first-order valence-electron chi connectivity index (χ1n) is 9.82. The van der Waals surface area contributed by atoms with Gasteiger partial charge in [0.2, 0.25) is 0 Å². The fourth-order valence-corrected chi connectivity index (χ4v) is 2.64. The molecule has 31 heavy (non-hydrogen) atoms. The van der Waals surface area contributed by atoms with Gasteiger partial charge in [-0.1, -0.05) is 6.07 Å². The molecule has 1 rings (SSSR count). The average molecular weight is 440 g/mol. The standard InChI is InChI=1S/C21H32N2O8/c1-21(2,3)31-13-23(20(28)30-5)19(27)15(12-18(25)26)22-10-6-7-14-8-9-17(29-4)16(24)11-14/h8-9,11,15,22,24H,6-7,10,12-13H2,1-5H3,(H,25,26). The molecule has 0 aliphatic heterocycles. The van der Waals surface area contributed by atoms with Gasteiger partial charge in [-0.05, 0) is 57.9 Å². The van der Waals surface area contributed by atoms with Gasteiger partial charge in [-0.3, -0.25) is 9.59 Å². The highest BCUT2D eigenvalue weighted by Crippen LogP contribution is 2.26. The van der Waals surface area contributed by atoms with Crippen molar-refractivity contribution in [2.45, 2.75) is 51.7 Å². The van der Waals surface area contributed by atoms with Gasteiger partial charge in [0.05, 0.1) is 32.3 Å². The molecule has 0 radical (unpaired) electrons. The zero-order valence-corrected chi connectivity index (χ0v) is 18.6. The molecule has 0 aliphatic rings. The van der Waals surface area contributed by atoms with Crippen LogP contribution in [-0.4, -0.2) is 72.2 Å². The highest BCUT2D eigenvalue weighted by molar-refractivity contribution is 5.96. The molecule has 10 nitrogen and oxygen atoms in total. The van der Waals surface area contributed by atoms with Crippen molar-refractivity contribution in [2.24, 2.45) is 0 Å². The normalized spacial score (nSPS) is 12.2. The molecule has 10 heteroatoms. The number of aliphatic carboxylic acids is 1. The van der Waals surface area contributed by atoms with Crippen molar-refractivity contribution in [3.8, 4) is 11.5 Å². The van der Waals surface area contributed by atoms with E-state index in [9.17, 15) is 24.6 Å². The minimum Gasteiger partial charge on any atom is -0.504 e. The Morgan fingerprint density at radius 2 is 1.87 bits per heavy atom. The average Bonchev–Trinajstić information content (AvgIpc) is 2.68. The first-order chi connectivity index (χ1) is 14.5. The van der Waals surface area contributed by atoms with Crippen molar-refractivity contribution >= 4 is 18.0 Å². The number of phenols is 1. The van der Waals surface area contributed by atoms with Crippen LogP contribution in [0, 0.1) is 0 Å². The van der Waals surface area contributed by atoms with E-state index in [-0.39, 0.29) is 12.5 Å². The number of nitrogens with one attached hydrogen (secondary N) is 1. The van der Waals surface area contributed by atoms with Gasteiger partial charge in [-0.25, -0.2) is 9.69 Å². The van der Waals surface area contributed by atoms with Crippen molar-refractivity contribution in [3.05, 3.63) is 23.8 Å². The number of amides is 2. The molecule has 1 aromatic rings. The van der Waals surface area contributed by atoms with E-state index in [4.69, 9.17) is 9.47 Å². The van der Waals surface area contributed by atoms with E-state index in [0.717, 1.165) is 17.6 Å². The summed E-state index contributed by atoms with van der Waals surface area (Å²) in [5.74, 6) is -1.54. The number of benzene rings is 1. The van der Waals surface area contributed by atoms with Crippen LogP contribution >= 0.6 is 0 Å². The third kappa shape index (κ3) is 9.22. The summed E-state index contributed by atoms with van der Waals surface area (Å²) >= 11 is 0. The predicted octanol–water partition coefficient (Wildman–Crippen LogP) is 2.13. The number of carboxylic acid groups (broad SMARTS) is 1. The Morgan fingerprint density at radius 1 is 1.19 bits per heavy atom. The molecular formula is C21H32N2O8. The second kappa shape index (κ2) is 12.1. The number of methoxy groups -OCH3 is 2. The summed E-state index contributed by atoms with van der Waals surface area (Å²) in [6.07, 6.45) is -0.302. The topological polar surface area (TPSA) is 135 Å². The predicted molar refractivity (Wildman–Crippen MR) is 112 cm³/mol. The van der Waals surface area contributed by atoms with Gasteiger partial charge < -0.3 is 29.7 Å². The van der Waals surface area contributed by atoms with E-state index in [1.54, 1.807) is 39.0 Å². The van der Waals surface area contributed by atoms with Crippen molar-refractivity contribution in [1.82, 2.24) is 10.2 Å². The fraction of sp³-hybridized carbons (Fsp3) is 0.571. The molecule has 0 spiro atoms. The Balaban J connectivity index is 2.76. The number of carboxylic acids is 1. The molecule has 0 saturated carbocycles. The summed E-state index contributed by atoms with van der Waals surface area (Å²) in [5.41, 5.74) is 0.239. The number of phenolic OH excluding ortho intramolecular Hbond substituents is 1. The number of carbonyl (C=O) groups excluding carboxylic acids is 2. The van der Waals surface area contributed by atoms with Gasteiger partial charge in [0.1, 0.15) is 6.73 Å². The second-order valence-corrected chi connectivity index (χ2v) is 7.84. The van der Waals surface area contributed by atoms with Gasteiger partial charge in [-0.15, -0.1) is 0 Å². The monoisotopic (exact) mass is 440 g/mol. The van der Waals surface area contributed by atoms with Crippen LogP contribution in [0.2, 0.25) is 0 Å². The third-order valence-electron chi connectivity index (χ3n) is 4.24. The lowest BCUT2D eigenvalue weighted by Crippen LogP contribution is -2.51. The van der Waals surface area contributed by atoms with Crippen LogP contribution in [0.25, 0.3) is 0 Å². The molecule has 0 aromatic heterocycles. The lowest BCUT2D eigenvalue weighted by molar-refractivity contribution is -0.146. The second-order valence-electron chi connectivity index (χ2n) is 7.84. The number of rotatable bonds is 11. The van der Waals surface area contributed by atoms with Gasteiger partial charge in [0.15, 0.2) is 11.5 Å². The largest absolute Gasteiger partial charge is 0.504 e. The third-order valence-corrected chi connectivity index (χ3v) is 4.24. The summed E-state index contributed by atoms with van der Waals surface area (Å²) in [6, 6.07) is 3.91. The number of hydrogen-bond donors (Lipinski definition) is 3. The van der Waals surface area contributed by atoms with Crippen molar-refractivity contribution in [3.63, 3.8) is 0 Å². The summed E-state index contributed by atoms with van der Waals surface area (Å²) in [5, 5.41) is 21.9. The SMILES string of the molecule is COC(=O)N(COC(C)(C)C)C(=O)C(CC(=O)O)NCCCc1ccc(OC)c(O)c1. The lowest BCUT2D eigenvalue weighted by Gasteiger charge is -2.28. The molecule has 174 valence electrons. The van der Waals surface area contributed by atoms with Crippen LogP contribution in [0.3, 0.4) is 0 Å². The first kappa shape index (κ1) is 26.2. The Bertz CT molecular complexity index is 760. The smallest absolute Gasteiger partial charge is 0.418 e. The number of aromatic hydroxyl groups is 1. The summed E-state index contributed by atoms with van der Waals surface area (Å²) in [4.78, 5) is 36.9. The Labute approximate surface area is 182 Å². The molecule has 3 N–H and O–H groups in total. The van der Waals surface area contributed by atoms with Gasteiger partial charge in [0, 0.05) is 0 Å². The molecule has 1 atom stereocenters. The van der Waals surface area contributed by atoms with Crippen LogP contribution in [0.15, 0.2) is 18.2 Å². The van der Waals surface area contributed by atoms with E-state index < -0.39 is 36.0 Å². The highest BCUT2D eigenvalue weighted by atomic mass is 16.6. The van der Waals surface area contributed by atoms with Gasteiger partial charge in [-0.2, -0.15) is 0 Å². The Kier molecular flexibility index (Phi) is 10.2. The van der Waals surface area contributed by atoms with E-state index in [2.05, 4.69) is 10.1 Å². The maximum absolute atomic E-state index is 12.8. The Hall–Kier alpha value is -2.85. The lowest BCUT2D eigenvalue weighted by atomic mass is 10.1. The molecule has 0 fully saturated rings. The molecule has 1 unspecified atom stereocenters. The van der Waals surface area contributed by atoms with Crippen molar-refractivity contribution in [2.75, 3.05) is 27.5 Å². The molecular weight excluding hydrogens is 408 g/mol. The van der Waals surface area contributed by atoms with Crippen LogP contribution in [0.5, 0.6) is 11.5 Å². The fourth-order valence-electron chi connectivity index (χ4n) is 2.64. The number of imide groups is 1. The first-order valence-corrected chi connectivity index (χ1v) is 9.82. The number of carbonyl (C=O) groups is 3. The van der Waals surface area contributed by atoms with Crippen LogP contribution < -0.4 is 10.1 Å².